The summed E-state index contributed by atoms with van der Waals surface area (Å²) in [6.07, 6.45) is 5.58. The third-order valence-electron chi connectivity index (χ3n) is 5.07. The fourth-order valence-corrected chi connectivity index (χ4v) is 4.65. The smallest absolute Gasteiger partial charge is 0.237 e. The van der Waals surface area contributed by atoms with Crippen LogP contribution in [0.4, 0.5) is 10.1 Å². The van der Waals surface area contributed by atoms with Crippen molar-refractivity contribution < 1.29 is 9.18 Å². The molecule has 1 atom stereocenters. The lowest BCUT2D eigenvalue weighted by Crippen LogP contribution is -2.25. The normalized spacial score (nSPS) is 16.0. The van der Waals surface area contributed by atoms with Crippen molar-refractivity contribution in [2.45, 2.75) is 69.3 Å². The molecule has 2 aromatic rings. The van der Waals surface area contributed by atoms with Crippen LogP contribution in [0.3, 0.4) is 0 Å². The third-order valence-corrected chi connectivity index (χ3v) is 6.40. The van der Waals surface area contributed by atoms with Gasteiger partial charge in [-0.3, -0.25) is 4.79 Å². The molecule has 1 aliphatic carbocycles. The maximum absolute atomic E-state index is 13.0. The molecule has 0 radical (unpaired) electrons. The van der Waals surface area contributed by atoms with E-state index in [1.165, 1.54) is 55.3 Å². The van der Waals surface area contributed by atoms with Gasteiger partial charge in [-0.1, -0.05) is 31.5 Å². The van der Waals surface area contributed by atoms with Crippen molar-refractivity contribution in [1.82, 2.24) is 9.55 Å². The Morgan fingerprint density at radius 1 is 1.31 bits per heavy atom. The first kappa shape index (κ1) is 19.0. The van der Waals surface area contributed by atoms with Crippen molar-refractivity contribution in [3.63, 3.8) is 0 Å². The van der Waals surface area contributed by atoms with Gasteiger partial charge in [-0.2, -0.15) is 0 Å². The molecule has 4 nitrogen and oxygen atoms in total. The number of imidazole rings is 1. The number of thioether (sulfide) groups is 1. The molecule has 0 bridgehead atoms. The Morgan fingerprint density at radius 3 is 2.58 bits per heavy atom. The van der Waals surface area contributed by atoms with Gasteiger partial charge in [0.05, 0.1) is 10.9 Å². The maximum Gasteiger partial charge on any atom is 0.237 e. The van der Waals surface area contributed by atoms with Crippen molar-refractivity contribution in [2.24, 2.45) is 0 Å². The van der Waals surface area contributed by atoms with E-state index in [-0.39, 0.29) is 17.0 Å². The summed E-state index contributed by atoms with van der Waals surface area (Å²) in [5, 5.41) is 3.59. The second kappa shape index (κ2) is 8.25. The van der Waals surface area contributed by atoms with E-state index >= 15 is 0 Å². The lowest BCUT2D eigenvalue weighted by Gasteiger charge is -2.19. The second-order valence-corrected chi connectivity index (χ2v) is 8.05. The first-order valence-electron chi connectivity index (χ1n) is 9.28. The molecule has 1 unspecified atom stereocenters. The van der Waals surface area contributed by atoms with Gasteiger partial charge >= 0.3 is 0 Å². The Labute approximate surface area is 158 Å². The van der Waals surface area contributed by atoms with Gasteiger partial charge in [0.1, 0.15) is 5.82 Å². The average molecular weight is 376 g/mol. The van der Waals surface area contributed by atoms with Crippen molar-refractivity contribution >= 4 is 23.4 Å². The SMILES string of the molecule is CCC(Sc1nc(C)c(C)n1C1CCCC1)C(=O)Nc1ccc(F)cc1. The van der Waals surface area contributed by atoms with Gasteiger partial charge in [0.25, 0.3) is 0 Å². The lowest BCUT2D eigenvalue weighted by molar-refractivity contribution is -0.115. The first-order chi connectivity index (χ1) is 12.5. The average Bonchev–Trinajstić information content (AvgIpc) is 3.23. The molecule has 26 heavy (non-hydrogen) atoms. The highest BCUT2D eigenvalue weighted by Gasteiger charge is 2.27. The molecule has 0 saturated heterocycles. The van der Waals surface area contributed by atoms with E-state index in [1.54, 1.807) is 12.1 Å². The molecule has 3 rings (SSSR count). The predicted octanol–water partition coefficient (Wildman–Crippen LogP) is 5.26. The number of hydrogen-bond donors (Lipinski definition) is 1. The summed E-state index contributed by atoms with van der Waals surface area (Å²) in [5.41, 5.74) is 2.85. The van der Waals surface area contributed by atoms with E-state index in [2.05, 4.69) is 16.8 Å². The number of rotatable bonds is 6. The fraction of sp³-hybridized carbons (Fsp3) is 0.500. The Bertz CT molecular complexity index is 766. The summed E-state index contributed by atoms with van der Waals surface area (Å²) < 4.78 is 15.4. The Kier molecular flexibility index (Phi) is 6.01. The van der Waals surface area contributed by atoms with Crippen molar-refractivity contribution in [3.05, 3.63) is 41.5 Å². The molecular formula is C20H26FN3OS. The van der Waals surface area contributed by atoms with Crippen LogP contribution in [0, 0.1) is 19.7 Å². The van der Waals surface area contributed by atoms with Crippen LogP contribution in [0.15, 0.2) is 29.4 Å². The molecule has 1 aromatic carbocycles. The number of anilines is 1. The van der Waals surface area contributed by atoms with Crippen LogP contribution in [-0.4, -0.2) is 20.7 Å². The highest BCUT2D eigenvalue weighted by Crippen LogP contribution is 2.37. The molecule has 1 heterocycles. The molecule has 1 fully saturated rings. The van der Waals surface area contributed by atoms with Gasteiger partial charge in [-0.05, 0) is 57.4 Å². The summed E-state index contributed by atoms with van der Waals surface area (Å²) in [4.78, 5) is 17.4. The van der Waals surface area contributed by atoms with Crippen LogP contribution in [0.5, 0.6) is 0 Å². The zero-order valence-corrected chi connectivity index (χ0v) is 16.4. The molecule has 6 heteroatoms. The van der Waals surface area contributed by atoms with Gasteiger partial charge in [0.15, 0.2) is 5.16 Å². The minimum atomic E-state index is -0.311. The van der Waals surface area contributed by atoms with Crippen LogP contribution in [0.1, 0.15) is 56.5 Å². The number of nitrogens with zero attached hydrogens (tertiary/aromatic N) is 2. The minimum Gasteiger partial charge on any atom is -0.325 e. The molecular weight excluding hydrogens is 349 g/mol. The zero-order chi connectivity index (χ0) is 18.7. The molecule has 1 N–H and O–H groups in total. The molecule has 0 aliphatic heterocycles. The van der Waals surface area contributed by atoms with E-state index < -0.39 is 0 Å². The number of carbonyl (C=O) groups excluding carboxylic acids is 1. The van der Waals surface area contributed by atoms with E-state index in [4.69, 9.17) is 4.98 Å². The molecule has 1 amide bonds. The number of aryl methyl sites for hydroxylation is 1. The predicted molar refractivity (Wildman–Crippen MR) is 104 cm³/mol. The number of carbonyl (C=O) groups is 1. The van der Waals surface area contributed by atoms with Gasteiger partial charge in [-0.25, -0.2) is 9.37 Å². The van der Waals surface area contributed by atoms with Crippen molar-refractivity contribution in [3.8, 4) is 0 Å². The maximum atomic E-state index is 13.0. The Morgan fingerprint density at radius 2 is 1.96 bits per heavy atom. The Hall–Kier alpha value is -1.82. The van der Waals surface area contributed by atoms with Crippen molar-refractivity contribution in [2.75, 3.05) is 5.32 Å². The summed E-state index contributed by atoms with van der Waals surface area (Å²) in [6.45, 7) is 6.15. The van der Waals surface area contributed by atoms with Crippen LogP contribution in [0.25, 0.3) is 0 Å². The van der Waals surface area contributed by atoms with Crippen molar-refractivity contribution in [1.29, 1.82) is 0 Å². The summed E-state index contributed by atoms with van der Waals surface area (Å²) in [7, 11) is 0. The van der Waals surface area contributed by atoms with E-state index in [0.717, 1.165) is 10.9 Å². The molecule has 1 saturated carbocycles. The molecule has 0 spiro atoms. The number of benzene rings is 1. The molecule has 1 aromatic heterocycles. The summed E-state index contributed by atoms with van der Waals surface area (Å²) >= 11 is 1.53. The molecule has 1 aliphatic rings. The zero-order valence-electron chi connectivity index (χ0n) is 15.6. The highest BCUT2D eigenvalue weighted by atomic mass is 32.2. The number of aromatic nitrogens is 2. The fourth-order valence-electron chi connectivity index (χ4n) is 3.48. The van der Waals surface area contributed by atoms with Crippen LogP contribution in [-0.2, 0) is 4.79 Å². The first-order valence-corrected chi connectivity index (χ1v) is 10.2. The lowest BCUT2D eigenvalue weighted by atomic mass is 10.2. The largest absolute Gasteiger partial charge is 0.325 e. The monoisotopic (exact) mass is 375 g/mol. The van der Waals surface area contributed by atoms with Gasteiger partial charge in [-0.15, -0.1) is 0 Å². The standard InChI is InChI=1S/C20H26FN3OS/c1-4-18(19(25)23-16-11-9-15(21)10-12-16)26-20-22-13(2)14(3)24(20)17-7-5-6-8-17/h9-12,17-18H,4-8H2,1-3H3,(H,23,25). The topological polar surface area (TPSA) is 46.9 Å². The molecule has 140 valence electrons. The number of halogens is 1. The second-order valence-electron chi connectivity index (χ2n) is 6.88. The summed E-state index contributed by atoms with van der Waals surface area (Å²) in [6, 6.07) is 6.36. The van der Waals surface area contributed by atoms with E-state index in [9.17, 15) is 9.18 Å². The van der Waals surface area contributed by atoms with Crippen LogP contribution >= 0.6 is 11.8 Å². The Balaban J connectivity index is 1.76. The van der Waals surface area contributed by atoms with E-state index in [1.807, 2.05) is 13.8 Å². The number of hydrogen-bond acceptors (Lipinski definition) is 3. The van der Waals surface area contributed by atoms with Crippen LogP contribution < -0.4 is 5.32 Å². The van der Waals surface area contributed by atoms with Gasteiger partial charge < -0.3 is 9.88 Å². The number of amides is 1. The third kappa shape index (κ3) is 4.11. The number of nitrogens with one attached hydrogen (secondary N) is 1. The minimum absolute atomic E-state index is 0.0691. The van der Waals surface area contributed by atoms with E-state index in [0.29, 0.717) is 18.2 Å². The van der Waals surface area contributed by atoms with Gasteiger partial charge in [0, 0.05) is 17.4 Å². The quantitative estimate of drug-likeness (QED) is 0.700. The van der Waals surface area contributed by atoms with Gasteiger partial charge in [0.2, 0.25) is 5.91 Å². The van der Waals surface area contributed by atoms with Crippen LogP contribution in [0.2, 0.25) is 0 Å². The highest BCUT2D eigenvalue weighted by molar-refractivity contribution is 8.00. The summed E-state index contributed by atoms with van der Waals surface area (Å²) in [5.74, 6) is -0.380.